The summed E-state index contributed by atoms with van der Waals surface area (Å²) in [6.45, 7) is 0.862. The Labute approximate surface area is 121 Å². The maximum absolute atomic E-state index is 3.21. The van der Waals surface area contributed by atoms with Gasteiger partial charge in [0.05, 0.1) is 0 Å². The molecule has 0 atom stereocenters. The van der Waals surface area contributed by atoms with E-state index >= 15 is 0 Å². The Balaban J connectivity index is 0.00000128. The number of hydrogen-bond acceptors (Lipinski definition) is 1. The van der Waals surface area contributed by atoms with E-state index in [4.69, 9.17) is 0 Å². The van der Waals surface area contributed by atoms with Crippen molar-refractivity contribution in [3.8, 4) is 0 Å². The first-order valence-electron chi connectivity index (χ1n) is 5.00. The van der Waals surface area contributed by atoms with Crippen LogP contribution in [-0.2, 0) is 6.54 Å². The topological polar surface area (TPSA) is 3.24 Å². The summed E-state index contributed by atoms with van der Waals surface area (Å²) in [6, 6.07) is 22.5. The van der Waals surface area contributed by atoms with Gasteiger partial charge in [-0.25, -0.2) is 0 Å². The Morgan fingerprint density at radius 1 is 1.00 bits per heavy atom. The predicted molar refractivity (Wildman–Crippen MR) is 62.7 cm³/mol. The zero-order chi connectivity index (χ0) is 10.5. The van der Waals surface area contributed by atoms with Crippen LogP contribution in [0.1, 0.15) is 5.56 Å². The van der Waals surface area contributed by atoms with E-state index in [0.717, 1.165) is 12.2 Å². The van der Waals surface area contributed by atoms with Gasteiger partial charge in [-0.15, -0.1) is 11.6 Å². The quantitative estimate of drug-likeness (QED) is 0.674. The Morgan fingerprint density at radius 2 is 1.69 bits per heavy atom. The minimum absolute atomic E-state index is 0. The molecule has 0 spiro atoms. The third kappa shape index (κ3) is 3.70. The van der Waals surface area contributed by atoms with Crippen LogP contribution >= 0.6 is 0 Å². The molecule has 2 aromatic carbocycles. The van der Waals surface area contributed by atoms with E-state index in [0.29, 0.717) is 0 Å². The van der Waals surface area contributed by atoms with Gasteiger partial charge in [0, 0.05) is 13.6 Å². The summed E-state index contributed by atoms with van der Waals surface area (Å²) < 4.78 is 0. The van der Waals surface area contributed by atoms with Gasteiger partial charge in [-0.3, -0.25) is 0 Å². The standard InChI is InChI=1S/C14H13N.U/c1-15(14-10-6-3-7-11-14)12-13-8-4-2-5-9-13;/h2-8,10H,12H2,1H3;/q-2;+2. The Bertz CT molecular complexity index is 400. The minimum Gasteiger partial charge on any atom is -0.394 e. The van der Waals surface area contributed by atoms with Crippen LogP contribution in [0.15, 0.2) is 48.5 Å². The van der Waals surface area contributed by atoms with Crippen LogP contribution < -0.4 is 4.90 Å². The smallest absolute Gasteiger partial charge is 0.394 e. The molecule has 0 unspecified atom stereocenters. The van der Waals surface area contributed by atoms with Crippen LogP contribution in [-0.4, -0.2) is 7.05 Å². The summed E-state index contributed by atoms with van der Waals surface area (Å²) in [5.74, 6) is 0. The zero-order valence-electron chi connectivity index (χ0n) is 9.27. The largest absolute Gasteiger partial charge is 2.00 e. The van der Waals surface area contributed by atoms with Crippen molar-refractivity contribution >= 4 is 5.69 Å². The van der Waals surface area contributed by atoms with E-state index < -0.39 is 0 Å². The molecule has 0 saturated carbocycles. The van der Waals surface area contributed by atoms with Crippen molar-refractivity contribution in [1.29, 1.82) is 0 Å². The van der Waals surface area contributed by atoms with Crippen LogP contribution in [0.2, 0.25) is 0 Å². The van der Waals surface area contributed by atoms with Gasteiger partial charge in [0.15, 0.2) is 0 Å². The molecule has 0 aliphatic rings. The molecule has 0 saturated heterocycles. The molecule has 16 heavy (non-hydrogen) atoms. The molecule has 2 rings (SSSR count). The summed E-state index contributed by atoms with van der Waals surface area (Å²) in [6.07, 6.45) is 0. The number of rotatable bonds is 3. The summed E-state index contributed by atoms with van der Waals surface area (Å²) >= 11 is 0. The third-order valence-electron chi connectivity index (χ3n) is 2.28. The fourth-order valence-electron chi connectivity index (χ4n) is 1.49. The van der Waals surface area contributed by atoms with Gasteiger partial charge in [0.25, 0.3) is 0 Å². The van der Waals surface area contributed by atoms with Gasteiger partial charge in [-0.2, -0.15) is 54.6 Å². The molecule has 2 aromatic rings. The van der Waals surface area contributed by atoms with E-state index in [1.54, 1.807) is 0 Å². The molecule has 2 heteroatoms. The second-order valence-corrected chi connectivity index (χ2v) is 3.49. The first kappa shape index (κ1) is 13.4. The van der Waals surface area contributed by atoms with Crippen molar-refractivity contribution in [2.45, 2.75) is 6.54 Å². The fourth-order valence-corrected chi connectivity index (χ4v) is 1.49. The van der Waals surface area contributed by atoms with Crippen LogP contribution in [0, 0.1) is 43.2 Å². The van der Waals surface area contributed by atoms with Gasteiger partial charge >= 0.3 is 31.1 Å². The summed E-state index contributed by atoms with van der Waals surface area (Å²) in [5.41, 5.74) is 2.30. The molecule has 0 bridgehead atoms. The summed E-state index contributed by atoms with van der Waals surface area (Å²) in [4.78, 5) is 2.16. The van der Waals surface area contributed by atoms with E-state index in [2.05, 4.69) is 36.2 Å². The number of hydrogen-bond donors (Lipinski definition) is 0. The third-order valence-corrected chi connectivity index (χ3v) is 2.28. The average molecular weight is 433 g/mol. The average Bonchev–Trinajstić information content (AvgIpc) is 2.31. The SMILES string of the molecule is CN(Cc1[c-]cccc1)c1[c-]cccc1.[U+2]. The second-order valence-electron chi connectivity index (χ2n) is 3.49. The van der Waals surface area contributed by atoms with Gasteiger partial charge in [-0.05, 0) is 0 Å². The Kier molecular flexibility index (Phi) is 5.66. The number of anilines is 1. The molecule has 0 N–H and O–H groups in total. The van der Waals surface area contributed by atoms with Crippen molar-refractivity contribution in [2.75, 3.05) is 11.9 Å². The summed E-state index contributed by atoms with van der Waals surface area (Å²) in [7, 11) is 2.06. The number of nitrogens with zero attached hydrogens (tertiary/aromatic N) is 1. The summed E-state index contributed by atoms with van der Waals surface area (Å²) in [5, 5.41) is 0. The van der Waals surface area contributed by atoms with Crippen LogP contribution in [0.4, 0.5) is 5.69 Å². The maximum atomic E-state index is 3.21. The van der Waals surface area contributed by atoms with Crippen LogP contribution in [0.3, 0.4) is 0 Å². The van der Waals surface area contributed by atoms with E-state index in [1.165, 1.54) is 5.56 Å². The minimum atomic E-state index is 0. The molecule has 0 radical (unpaired) electrons. The fraction of sp³-hybridized carbons (Fsp3) is 0.143. The van der Waals surface area contributed by atoms with Crippen molar-refractivity contribution in [1.82, 2.24) is 0 Å². The van der Waals surface area contributed by atoms with Gasteiger partial charge < -0.3 is 4.90 Å². The van der Waals surface area contributed by atoms with Crippen molar-refractivity contribution in [3.63, 3.8) is 0 Å². The normalized spacial score (nSPS) is 9.31. The monoisotopic (exact) mass is 433 g/mol. The molecular weight excluding hydrogens is 420 g/mol. The maximum Gasteiger partial charge on any atom is 2.00 e. The Hall–Kier alpha value is -0.708. The molecule has 0 heterocycles. The second kappa shape index (κ2) is 6.78. The molecular formula is C14H13NU. The first-order valence-corrected chi connectivity index (χ1v) is 5.00. The zero-order valence-corrected chi connectivity index (χ0v) is 13.4. The molecule has 0 aliphatic carbocycles. The predicted octanol–water partition coefficient (Wildman–Crippen LogP) is 2.92. The molecule has 0 aromatic heterocycles. The Morgan fingerprint density at radius 3 is 2.25 bits per heavy atom. The molecule has 0 fully saturated rings. The molecule has 0 amide bonds. The molecule has 0 aliphatic heterocycles. The van der Waals surface area contributed by atoms with Crippen LogP contribution in [0.25, 0.3) is 0 Å². The molecule has 78 valence electrons. The van der Waals surface area contributed by atoms with Crippen molar-refractivity contribution in [2.24, 2.45) is 0 Å². The van der Waals surface area contributed by atoms with E-state index in [-0.39, 0.29) is 31.1 Å². The van der Waals surface area contributed by atoms with Gasteiger partial charge in [0.2, 0.25) is 0 Å². The molecule has 1 nitrogen and oxygen atoms in total. The number of benzene rings is 2. The van der Waals surface area contributed by atoms with Crippen molar-refractivity contribution < 1.29 is 31.1 Å². The van der Waals surface area contributed by atoms with Gasteiger partial charge in [-0.1, -0.05) is 5.69 Å². The first-order chi connectivity index (χ1) is 7.36. The van der Waals surface area contributed by atoms with Crippen molar-refractivity contribution in [3.05, 3.63) is 66.2 Å². The number of para-hydroxylation sites is 1. The van der Waals surface area contributed by atoms with Gasteiger partial charge in [0.1, 0.15) is 0 Å². The van der Waals surface area contributed by atoms with E-state index in [1.807, 2.05) is 36.4 Å². The van der Waals surface area contributed by atoms with Crippen LogP contribution in [0.5, 0.6) is 0 Å². The van der Waals surface area contributed by atoms with E-state index in [9.17, 15) is 0 Å².